The Morgan fingerprint density at radius 3 is 2.69 bits per heavy atom. The topological polar surface area (TPSA) is 55.6 Å². The number of nitrogens with two attached hydrogens (primary N) is 1. The summed E-state index contributed by atoms with van der Waals surface area (Å²) in [5.74, 6) is -0.262. The van der Waals surface area contributed by atoms with E-state index in [1.807, 2.05) is 23.1 Å². The molecule has 0 aliphatic carbocycles. The highest BCUT2D eigenvalue weighted by atomic mass is 19.1. The van der Waals surface area contributed by atoms with Gasteiger partial charge in [-0.2, -0.15) is 0 Å². The monoisotopic (exact) mass is 356 g/mol. The Hall–Kier alpha value is -2.24. The molecule has 3 rings (SSSR count). The van der Waals surface area contributed by atoms with Gasteiger partial charge in [0.05, 0.1) is 19.3 Å². The van der Waals surface area contributed by atoms with Crippen molar-refractivity contribution < 1.29 is 13.9 Å². The Labute approximate surface area is 153 Å². The maximum atomic E-state index is 13.8. The van der Waals surface area contributed by atoms with E-state index in [0.29, 0.717) is 31.7 Å². The summed E-state index contributed by atoms with van der Waals surface area (Å²) in [4.78, 5) is 14.7. The Bertz CT molecular complexity index is 723. The molecule has 138 valence electrons. The minimum Gasteiger partial charge on any atom is -0.377 e. The lowest BCUT2D eigenvalue weighted by Gasteiger charge is -2.36. The van der Waals surface area contributed by atoms with E-state index in [9.17, 15) is 9.18 Å². The van der Waals surface area contributed by atoms with Crippen LogP contribution in [-0.2, 0) is 22.4 Å². The van der Waals surface area contributed by atoms with Crippen LogP contribution in [0.1, 0.15) is 17.5 Å². The van der Waals surface area contributed by atoms with Crippen LogP contribution < -0.4 is 5.73 Å². The van der Waals surface area contributed by atoms with Gasteiger partial charge < -0.3 is 15.4 Å². The van der Waals surface area contributed by atoms with Crippen molar-refractivity contribution in [2.45, 2.75) is 31.3 Å². The third-order valence-electron chi connectivity index (χ3n) is 4.74. The summed E-state index contributed by atoms with van der Waals surface area (Å²) in [5.41, 5.74) is 7.86. The molecule has 0 spiro atoms. The Kier molecular flexibility index (Phi) is 6.36. The fourth-order valence-electron chi connectivity index (χ4n) is 3.40. The van der Waals surface area contributed by atoms with E-state index >= 15 is 0 Å². The standard InChI is InChI=1S/C21H25FN2O2/c22-20-9-5-4-8-17(20)13-18(23)14-21(25)24-10-11-26-15-19(24)12-16-6-2-1-3-7-16/h1-9,18-19H,10-15,23H2/t18-,19-/m1/s1. The van der Waals surface area contributed by atoms with Gasteiger partial charge in [0.1, 0.15) is 5.82 Å². The number of benzene rings is 2. The van der Waals surface area contributed by atoms with Gasteiger partial charge in [-0.25, -0.2) is 4.39 Å². The SMILES string of the molecule is N[C@@H](CC(=O)N1CCOC[C@H]1Cc1ccccc1)Cc1ccccc1F. The van der Waals surface area contributed by atoms with Gasteiger partial charge in [-0.15, -0.1) is 0 Å². The molecule has 1 fully saturated rings. The first-order chi connectivity index (χ1) is 12.6. The second kappa shape index (κ2) is 8.92. The number of nitrogens with zero attached hydrogens (tertiary/aromatic N) is 1. The molecule has 1 aliphatic heterocycles. The van der Waals surface area contributed by atoms with Gasteiger partial charge in [0, 0.05) is 19.0 Å². The van der Waals surface area contributed by atoms with Crippen molar-refractivity contribution in [3.8, 4) is 0 Å². The molecular weight excluding hydrogens is 331 g/mol. The molecule has 1 heterocycles. The van der Waals surface area contributed by atoms with Crippen molar-refractivity contribution in [2.75, 3.05) is 19.8 Å². The Morgan fingerprint density at radius 2 is 1.92 bits per heavy atom. The molecule has 0 saturated carbocycles. The van der Waals surface area contributed by atoms with Crippen LogP contribution in [0.3, 0.4) is 0 Å². The molecule has 2 N–H and O–H groups in total. The van der Waals surface area contributed by atoms with Crippen LogP contribution >= 0.6 is 0 Å². The summed E-state index contributed by atoms with van der Waals surface area (Å²) >= 11 is 0. The number of amides is 1. The number of carbonyl (C=O) groups excluding carboxylic acids is 1. The zero-order valence-electron chi connectivity index (χ0n) is 14.8. The van der Waals surface area contributed by atoms with Crippen molar-refractivity contribution in [1.29, 1.82) is 0 Å². The van der Waals surface area contributed by atoms with E-state index in [0.717, 1.165) is 6.42 Å². The molecular formula is C21H25FN2O2. The van der Waals surface area contributed by atoms with Gasteiger partial charge in [0.2, 0.25) is 5.91 Å². The zero-order valence-corrected chi connectivity index (χ0v) is 14.8. The largest absolute Gasteiger partial charge is 0.377 e. The van der Waals surface area contributed by atoms with Crippen LogP contribution in [0.2, 0.25) is 0 Å². The highest BCUT2D eigenvalue weighted by molar-refractivity contribution is 5.77. The first kappa shape index (κ1) is 18.5. The molecule has 2 atom stereocenters. The van der Waals surface area contributed by atoms with Gasteiger partial charge in [0.15, 0.2) is 0 Å². The molecule has 1 saturated heterocycles. The second-order valence-electron chi connectivity index (χ2n) is 6.77. The maximum Gasteiger partial charge on any atom is 0.224 e. The number of halogens is 1. The molecule has 1 aliphatic rings. The summed E-state index contributed by atoms with van der Waals surface area (Å²) < 4.78 is 19.4. The van der Waals surface area contributed by atoms with Crippen LogP contribution in [-0.4, -0.2) is 42.6 Å². The zero-order chi connectivity index (χ0) is 18.4. The summed E-state index contributed by atoms with van der Waals surface area (Å²) in [6.07, 6.45) is 1.32. The number of hydrogen-bond donors (Lipinski definition) is 1. The molecule has 26 heavy (non-hydrogen) atoms. The van der Waals surface area contributed by atoms with E-state index < -0.39 is 6.04 Å². The van der Waals surface area contributed by atoms with Crippen LogP contribution in [0.25, 0.3) is 0 Å². The smallest absolute Gasteiger partial charge is 0.224 e. The molecule has 0 radical (unpaired) electrons. The average molecular weight is 356 g/mol. The third kappa shape index (κ3) is 4.90. The van der Waals surface area contributed by atoms with Crippen molar-refractivity contribution >= 4 is 5.91 Å². The van der Waals surface area contributed by atoms with Crippen LogP contribution in [0.5, 0.6) is 0 Å². The first-order valence-electron chi connectivity index (χ1n) is 9.03. The summed E-state index contributed by atoms with van der Waals surface area (Å²) in [7, 11) is 0. The van der Waals surface area contributed by atoms with E-state index in [4.69, 9.17) is 10.5 Å². The Balaban J connectivity index is 1.60. The molecule has 0 aromatic heterocycles. The predicted octanol–water partition coefficient (Wildman–Crippen LogP) is 2.56. The number of hydrogen-bond acceptors (Lipinski definition) is 3. The lowest BCUT2D eigenvalue weighted by molar-refractivity contribution is -0.140. The van der Waals surface area contributed by atoms with Gasteiger partial charge >= 0.3 is 0 Å². The highest BCUT2D eigenvalue weighted by Gasteiger charge is 2.28. The van der Waals surface area contributed by atoms with Crippen LogP contribution in [0, 0.1) is 5.82 Å². The lowest BCUT2D eigenvalue weighted by atomic mass is 10.0. The van der Waals surface area contributed by atoms with Gasteiger partial charge in [0.25, 0.3) is 0 Å². The third-order valence-corrected chi connectivity index (χ3v) is 4.74. The van der Waals surface area contributed by atoms with Crippen molar-refractivity contribution in [2.24, 2.45) is 5.73 Å². The van der Waals surface area contributed by atoms with E-state index in [1.54, 1.807) is 18.2 Å². The van der Waals surface area contributed by atoms with Crippen LogP contribution in [0.15, 0.2) is 54.6 Å². The Morgan fingerprint density at radius 1 is 1.19 bits per heavy atom. The molecule has 1 amide bonds. The van der Waals surface area contributed by atoms with Gasteiger partial charge in [-0.1, -0.05) is 48.5 Å². The first-order valence-corrected chi connectivity index (χ1v) is 9.03. The molecule has 2 aromatic rings. The summed E-state index contributed by atoms with van der Waals surface area (Å²) in [5, 5.41) is 0. The number of rotatable bonds is 6. The minimum absolute atomic E-state index is 0.0121. The highest BCUT2D eigenvalue weighted by Crippen LogP contribution is 2.16. The van der Waals surface area contributed by atoms with E-state index in [2.05, 4.69) is 12.1 Å². The van der Waals surface area contributed by atoms with Crippen LogP contribution in [0.4, 0.5) is 4.39 Å². The molecule has 4 nitrogen and oxygen atoms in total. The van der Waals surface area contributed by atoms with E-state index in [1.165, 1.54) is 11.6 Å². The summed E-state index contributed by atoms with van der Waals surface area (Å²) in [6.45, 7) is 1.64. The second-order valence-corrected chi connectivity index (χ2v) is 6.77. The van der Waals surface area contributed by atoms with Crippen molar-refractivity contribution in [3.05, 3.63) is 71.5 Å². The minimum atomic E-state index is -0.403. The molecule has 0 unspecified atom stereocenters. The number of morpholine rings is 1. The quantitative estimate of drug-likeness (QED) is 0.865. The fraction of sp³-hybridized carbons (Fsp3) is 0.381. The molecule has 2 aromatic carbocycles. The normalized spacial score (nSPS) is 18.5. The van der Waals surface area contributed by atoms with E-state index in [-0.39, 0.29) is 24.2 Å². The van der Waals surface area contributed by atoms with Gasteiger partial charge in [-0.3, -0.25) is 4.79 Å². The number of ether oxygens (including phenoxy) is 1. The summed E-state index contributed by atoms with van der Waals surface area (Å²) in [6, 6.07) is 16.3. The van der Waals surface area contributed by atoms with Gasteiger partial charge in [-0.05, 0) is 30.0 Å². The predicted molar refractivity (Wildman–Crippen MR) is 99.2 cm³/mol. The lowest BCUT2D eigenvalue weighted by Crippen LogP contribution is -2.51. The maximum absolute atomic E-state index is 13.8. The molecule has 5 heteroatoms. The average Bonchev–Trinajstić information content (AvgIpc) is 2.65. The number of carbonyl (C=O) groups is 1. The van der Waals surface area contributed by atoms with Crippen molar-refractivity contribution in [3.63, 3.8) is 0 Å². The molecule has 0 bridgehead atoms. The fourth-order valence-corrected chi connectivity index (χ4v) is 3.40. The van der Waals surface area contributed by atoms with Crippen molar-refractivity contribution in [1.82, 2.24) is 4.90 Å².